The number of carbonyl (C=O) groups excluding carboxylic acids is 1. The lowest BCUT2D eigenvalue weighted by Gasteiger charge is -2.13. The van der Waals surface area contributed by atoms with E-state index in [0.717, 1.165) is 16.3 Å². The van der Waals surface area contributed by atoms with Gasteiger partial charge in [-0.05, 0) is 30.8 Å². The van der Waals surface area contributed by atoms with E-state index in [1.54, 1.807) is 6.92 Å². The van der Waals surface area contributed by atoms with Crippen LogP contribution in [-0.4, -0.2) is 26.2 Å². The minimum Gasteiger partial charge on any atom is -0.482 e. The molecule has 0 saturated carbocycles. The number of carbonyl (C=O) groups is 1. The highest BCUT2D eigenvalue weighted by Crippen LogP contribution is 2.28. The van der Waals surface area contributed by atoms with Crippen molar-refractivity contribution in [2.45, 2.75) is 13.5 Å². The molecule has 0 aliphatic rings. The SMILES string of the molecule is CCOC(=O)COc1ccc2ccccc2c1CNC. The molecule has 0 amide bonds. The summed E-state index contributed by atoms with van der Waals surface area (Å²) >= 11 is 0. The highest BCUT2D eigenvalue weighted by molar-refractivity contribution is 5.87. The minimum absolute atomic E-state index is 0.0666. The van der Waals surface area contributed by atoms with Crippen molar-refractivity contribution in [2.24, 2.45) is 0 Å². The van der Waals surface area contributed by atoms with Crippen molar-refractivity contribution >= 4 is 16.7 Å². The molecule has 0 bridgehead atoms. The quantitative estimate of drug-likeness (QED) is 0.821. The zero-order valence-electron chi connectivity index (χ0n) is 11.8. The molecule has 0 saturated heterocycles. The van der Waals surface area contributed by atoms with Crippen LogP contribution in [0, 0.1) is 0 Å². The van der Waals surface area contributed by atoms with Gasteiger partial charge in [-0.1, -0.05) is 30.3 Å². The topological polar surface area (TPSA) is 47.6 Å². The van der Waals surface area contributed by atoms with Crippen molar-refractivity contribution in [2.75, 3.05) is 20.3 Å². The number of nitrogens with one attached hydrogen (secondary N) is 1. The summed E-state index contributed by atoms with van der Waals surface area (Å²) in [6, 6.07) is 12.0. The van der Waals surface area contributed by atoms with Gasteiger partial charge < -0.3 is 14.8 Å². The summed E-state index contributed by atoms with van der Waals surface area (Å²) in [6.07, 6.45) is 0. The molecule has 2 aromatic rings. The van der Waals surface area contributed by atoms with Crippen LogP contribution < -0.4 is 10.1 Å². The number of ether oxygens (including phenoxy) is 2. The first-order valence-electron chi connectivity index (χ1n) is 6.70. The van der Waals surface area contributed by atoms with Crippen molar-refractivity contribution in [1.29, 1.82) is 0 Å². The number of fused-ring (bicyclic) bond motifs is 1. The van der Waals surface area contributed by atoms with Crippen LogP contribution in [0.25, 0.3) is 10.8 Å². The van der Waals surface area contributed by atoms with Crippen LogP contribution in [0.1, 0.15) is 12.5 Å². The van der Waals surface area contributed by atoms with Gasteiger partial charge in [0, 0.05) is 12.1 Å². The van der Waals surface area contributed by atoms with Crippen molar-refractivity contribution in [1.82, 2.24) is 5.32 Å². The predicted molar refractivity (Wildman–Crippen MR) is 78.8 cm³/mol. The van der Waals surface area contributed by atoms with Gasteiger partial charge in [-0.15, -0.1) is 0 Å². The van der Waals surface area contributed by atoms with Crippen LogP contribution in [0.4, 0.5) is 0 Å². The first-order chi connectivity index (χ1) is 9.76. The lowest BCUT2D eigenvalue weighted by molar-refractivity contribution is -0.145. The molecule has 0 aromatic heterocycles. The molecule has 0 aliphatic heterocycles. The molecule has 4 nitrogen and oxygen atoms in total. The molecule has 0 atom stereocenters. The van der Waals surface area contributed by atoms with Crippen LogP contribution in [0.3, 0.4) is 0 Å². The molecular weight excluding hydrogens is 254 g/mol. The van der Waals surface area contributed by atoms with Crippen molar-refractivity contribution in [3.05, 3.63) is 42.0 Å². The van der Waals surface area contributed by atoms with Crippen molar-refractivity contribution in [3.63, 3.8) is 0 Å². The van der Waals surface area contributed by atoms with Gasteiger partial charge in [-0.3, -0.25) is 0 Å². The Hall–Kier alpha value is -2.07. The Bertz CT molecular complexity index is 595. The molecule has 0 spiro atoms. The van der Waals surface area contributed by atoms with E-state index in [4.69, 9.17) is 9.47 Å². The summed E-state index contributed by atoms with van der Waals surface area (Å²) in [5, 5.41) is 5.42. The van der Waals surface area contributed by atoms with Gasteiger partial charge >= 0.3 is 5.97 Å². The Morgan fingerprint density at radius 2 is 2.00 bits per heavy atom. The van der Waals surface area contributed by atoms with E-state index >= 15 is 0 Å². The van der Waals surface area contributed by atoms with E-state index in [0.29, 0.717) is 18.9 Å². The number of hydrogen-bond acceptors (Lipinski definition) is 4. The first kappa shape index (κ1) is 14.3. The maximum absolute atomic E-state index is 11.4. The Balaban J connectivity index is 2.27. The molecule has 0 heterocycles. The van der Waals surface area contributed by atoms with E-state index in [1.807, 2.05) is 31.3 Å². The number of rotatable bonds is 6. The molecule has 4 heteroatoms. The summed E-state index contributed by atoms with van der Waals surface area (Å²) in [6.45, 7) is 2.76. The fourth-order valence-corrected chi connectivity index (χ4v) is 2.15. The van der Waals surface area contributed by atoms with Gasteiger partial charge in [-0.2, -0.15) is 0 Å². The molecule has 106 valence electrons. The van der Waals surface area contributed by atoms with Crippen LogP contribution >= 0.6 is 0 Å². The number of esters is 1. The monoisotopic (exact) mass is 273 g/mol. The van der Waals surface area contributed by atoms with E-state index in [9.17, 15) is 4.79 Å². The average Bonchev–Trinajstić information content (AvgIpc) is 2.47. The number of hydrogen-bond donors (Lipinski definition) is 1. The van der Waals surface area contributed by atoms with Crippen LogP contribution in [0.15, 0.2) is 36.4 Å². The molecule has 0 unspecified atom stereocenters. The normalized spacial score (nSPS) is 10.5. The maximum atomic E-state index is 11.4. The van der Waals surface area contributed by atoms with Crippen LogP contribution in [-0.2, 0) is 16.1 Å². The van der Waals surface area contributed by atoms with Crippen LogP contribution in [0.2, 0.25) is 0 Å². The zero-order valence-corrected chi connectivity index (χ0v) is 11.8. The highest BCUT2D eigenvalue weighted by Gasteiger charge is 2.10. The van der Waals surface area contributed by atoms with Gasteiger partial charge in [0.25, 0.3) is 0 Å². The van der Waals surface area contributed by atoms with Gasteiger partial charge in [0.05, 0.1) is 6.61 Å². The molecule has 0 fully saturated rings. The second-order valence-corrected chi connectivity index (χ2v) is 4.39. The summed E-state index contributed by atoms with van der Waals surface area (Å²) < 4.78 is 10.5. The van der Waals surface area contributed by atoms with Gasteiger partial charge in [0.1, 0.15) is 5.75 Å². The second kappa shape index (κ2) is 6.91. The second-order valence-electron chi connectivity index (χ2n) is 4.39. The van der Waals surface area contributed by atoms with Crippen molar-refractivity contribution < 1.29 is 14.3 Å². The molecule has 1 N–H and O–H groups in total. The summed E-state index contributed by atoms with van der Waals surface area (Å²) in [5.74, 6) is 0.363. The average molecular weight is 273 g/mol. The van der Waals surface area contributed by atoms with Gasteiger partial charge in [0.15, 0.2) is 6.61 Å². The third kappa shape index (κ3) is 3.27. The summed E-state index contributed by atoms with van der Waals surface area (Å²) in [5.41, 5.74) is 1.05. The molecule has 0 aliphatic carbocycles. The largest absolute Gasteiger partial charge is 0.482 e. The van der Waals surface area contributed by atoms with Crippen molar-refractivity contribution in [3.8, 4) is 5.75 Å². The third-order valence-corrected chi connectivity index (χ3v) is 3.00. The molecule has 2 aromatic carbocycles. The predicted octanol–water partition coefficient (Wildman–Crippen LogP) is 2.50. The Labute approximate surface area is 118 Å². The summed E-state index contributed by atoms with van der Waals surface area (Å²) in [4.78, 5) is 11.4. The zero-order chi connectivity index (χ0) is 14.4. The van der Waals surface area contributed by atoms with E-state index < -0.39 is 0 Å². The van der Waals surface area contributed by atoms with Crippen LogP contribution in [0.5, 0.6) is 5.75 Å². The van der Waals surface area contributed by atoms with E-state index in [2.05, 4.69) is 17.4 Å². The Morgan fingerprint density at radius 3 is 2.75 bits per heavy atom. The summed E-state index contributed by atoms with van der Waals surface area (Å²) in [7, 11) is 1.89. The van der Waals surface area contributed by atoms with E-state index in [-0.39, 0.29) is 12.6 Å². The van der Waals surface area contributed by atoms with Gasteiger partial charge in [-0.25, -0.2) is 4.79 Å². The van der Waals surface area contributed by atoms with E-state index in [1.165, 1.54) is 0 Å². The highest BCUT2D eigenvalue weighted by atomic mass is 16.6. The molecule has 20 heavy (non-hydrogen) atoms. The smallest absolute Gasteiger partial charge is 0.344 e. The standard InChI is InChI=1S/C16H19NO3/c1-3-19-16(18)11-20-15-9-8-12-6-4-5-7-13(12)14(15)10-17-2/h4-9,17H,3,10-11H2,1-2H3. The molecule has 2 rings (SSSR count). The maximum Gasteiger partial charge on any atom is 0.344 e. The number of benzene rings is 2. The Kier molecular flexibility index (Phi) is 4.96. The van der Waals surface area contributed by atoms with Gasteiger partial charge in [0.2, 0.25) is 0 Å². The third-order valence-electron chi connectivity index (χ3n) is 3.00. The lowest BCUT2D eigenvalue weighted by atomic mass is 10.0. The first-order valence-corrected chi connectivity index (χ1v) is 6.70. The fraction of sp³-hybridized carbons (Fsp3) is 0.312. The Morgan fingerprint density at radius 1 is 1.20 bits per heavy atom. The molecular formula is C16H19NO3. The molecule has 0 radical (unpaired) electrons. The fourth-order valence-electron chi connectivity index (χ4n) is 2.15. The lowest BCUT2D eigenvalue weighted by Crippen LogP contribution is -2.16. The minimum atomic E-state index is -0.351.